The third kappa shape index (κ3) is 2.54. The fourth-order valence-electron chi connectivity index (χ4n) is 1.77. The average molecular weight is 218 g/mol. The molecule has 3 nitrogen and oxygen atoms in total. The molecule has 1 aromatic rings. The standard InChI is InChI=1S/C13H18N2O/c1-13(2)9-14-15(10-13)8-11-4-6-12(16-3)7-5-11/h4-8H,9-10H2,1-3H3/b15-8-. The van der Waals surface area contributed by atoms with Gasteiger partial charge in [0, 0.05) is 11.0 Å². The summed E-state index contributed by atoms with van der Waals surface area (Å²) in [7, 11) is 1.68. The fourth-order valence-corrected chi connectivity index (χ4v) is 1.77. The Bertz CT molecular complexity index is 393. The minimum Gasteiger partial charge on any atom is -0.497 e. The summed E-state index contributed by atoms with van der Waals surface area (Å²) in [5, 5.41) is 0. The average Bonchev–Trinajstić information content (AvgIpc) is 2.59. The molecule has 1 heterocycles. The third-order valence-electron chi connectivity index (χ3n) is 2.68. The van der Waals surface area contributed by atoms with Crippen LogP contribution in [0.5, 0.6) is 5.75 Å². The highest BCUT2D eigenvalue weighted by Gasteiger charge is 2.24. The van der Waals surface area contributed by atoms with Crippen molar-refractivity contribution in [1.82, 2.24) is 0 Å². The quantitative estimate of drug-likeness (QED) is 0.700. The van der Waals surface area contributed by atoms with Gasteiger partial charge in [0.05, 0.1) is 7.11 Å². The van der Waals surface area contributed by atoms with E-state index in [0.717, 1.165) is 24.4 Å². The molecule has 0 atom stereocenters. The molecule has 0 radical (unpaired) electrons. The maximum atomic E-state index is 5.12. The molecule has 3 heteroatoms. The van der Waals surface area contributed by atoms with E-state index in [1.54, 1.807) is 7.11 Å². The Kier molecular flexibility index (Phi) is 2.86. The van der Waals surface area contributed by atoms with Crippen molar-refractivity contribution in [2.24, 2.45) is 5.41 Å². The smallest absolute Gasteiger partial charge is 0.166 e. The summed E-state index contributed by atoms with van der Waals surface area (Å²) in [6, 6.07) is 8.01. The van der Waals surface area contributed by atoms with Gasteiger partial charge in [-0.25, -0.2) is 0 Å². The lowest BCUT2D eigenvalue weighted by Gasteiger charge is -2.11. The van der Waals surface area contributed by atoms with Crippen LogP contribution in [0, 0.1) is 5.41 Å². The highest BCUT2D eigenvalue weighted by Crippen LogP contribution is 2.25. The first-order chi connectivity index (χ1) is 7.59. The molecule has 0 spiro atoms. The Morgan fingerprint density at radius 1 is 1.31 bits per heavy atom. The molecule has 0 unspecified atom stereocenters. The maximum absolute atomic E-state index is 5.12. The first-order valence-corrected chi connectivity index (χ1v) is 5.52. The molecule has 0 N–H and O–H groups in total. The molecule has 1 aliphatic heterocycles. The summed E-state index contributed by atoms with van der Waals surface area (Å²) < 4.78 is 7.15. The summed E-state index contributed by atoms with van der Waals surface area (Å²) in [5.41, 5.74) is 5.92. The summed E-state index contributed by atoms with van der Waals surface area (Å²) >= 11 is 0. The van der Waals surface area contributed by atoms with Gasteiger partial charge in [-0.3, -0.25) is 4.68 Å². The van der Waals surface area contributed by atoms with Crippen LogP contribution in [0.15, 0.2) is 24.3 Å². The minimum absolute atomic E-state index is 0.295. The minimum atomic E-state index is 0.295. The Hall–Kier alpha value is -1.51. The summed E-state index contributed by atoms with van der Waals surface area (Å²) in [6.07, 6.45) is 2.08. The molecule has 16 heavy (non-hydrogen) atoms. The van der Waals surface area contributed by atoms with Crippen LogP contribution in [0.1, 0.15) is 19.4 Å². The highest BCUT2D eigenvalue weighted by atomic mass is 16.5. The van der Waals surface area contributed by atoms with Gasteiger partial charge in [-0.2, -0.15) is 0 Å². The first-order valence-electron chi connectivity index (χ1n) is 5.52. The number of benzene rings is 1. The first kappa shape index (κ1) is 11.0. The lowest BCUT2D eigenvalue weighted by Crippen LogP contribution is -2.17. The fraction of sp³-hybridized carbons (Fsp3) is 0.462. The molecule has 0 saturated carbocycles. The number of nitrogens with zero attached hydrogens (tertiary/aromatic N) is 2. The zero-order valence-electron chi connectivity index (χ0n) is 10.1. The van der Waals surface area contributed by atoms with Gasteiger partial charge >= 0.3 is 0 Å². The van der Waals surface area contributed by atoms with E-state index < -0.39 is 0 Å². The van der Waals surface area contributed by atoms with Gasteiger partial charge in [0.15, 0.2) is 6.21 Å². The molecule has 0 aliphatic carbocycles. The van der Waals surface area contributed by atoms with E-state index in [1.165, 1.54) is 0 Å². The Labute approximate surface area is 96.7 Å². The van der Waals surface area contributed by atoms with E-state index in [0.29, 0.717) is 5.41 Å². The Morgan fingerprint density at radius 3 is 2.50 bits per heavy atom. The predicted molar refractivity (Wildman–Crippen MR) is 65.3 cm³/mol. The topological polar surface area (TPSA) is 26.3 Å². The van der Waals surface area contributed by atoms with Crippen LogP contribution >= 0.6 is 0 Å². The van der Waals surface area contributed by atoms with Gasteiger partial charge in [-0.15, -0.1) is 0 Å². The monoisotopic (exact) mass is 218 g/mol. The van der Waals surface area contributed by atoms with E-state index in [-0.39, 0.29) is 0 Å². The van der Waals surface area contributed by atoms with Crippen LogP contribution in [-0.4, -0.2) is 31.1 Å². The van der Waals surface area contributed by atoms with Gasteiger partial charge in [0.25, 0.3) is 0 Å². The van der Waals surface area contributed by atoms with Crippen LogP contribution in [0.2, 0.25) is 0 Å². The van der Waals surface area contributed by atoms with Crippen molar-refractivity contribution in [2.45, 2.75) is 13.8 Å². The van der Waals surface area contributed by atoms with Crippen molar-refractivity contribution in [3.05, 3.63) is 35.3 Å². The number of methoxy groups -OCH3 is 1. The van der Waals surface area contributed by atoms with Crippen LogP contribution < -0.4 is 4.74 Å². The van der Waals surface area contributed by atoms with Gasteiger partial charge < -0.3 is 10.2 Å². The third-order valence-corrected chi connectivity index (χ3v) is 2.68. The SMILES string of the molecule is COc1ccc(/C=[N+]2/CC(C)(C)C[N-]2)cc1. The van der Waals surface area contributed by atoms with Crippen molar-refractivity contribution in [1.29, 1.82) is 0 Å². The highest BCUT2D eigenvalue weighted by molar-refractivity contribution is 5.76. The molecule has 86 valence electrons. The number of hydrogen-bond donors (Lipinski definition) is 0. The number of rotatable bonds is 2. The molecule has 1 aliphatic rings. The van der Waals surface area contributed by atoms with E-state index in [9.17, 15) is 0 Å². The van der Waals surface area contributed by atoms with E-state index >= 15 is 0 Å². The summed E-state index contributed by atoms with van der Waals surface area (Å²) in [5.74, 6) is 0.885. The van der Waals surface area contributed by atoms with Gasteiger partial charge in [-0.05, 0) is 24.3 Å². The molecule has 1 aromatic carbocycles. The van der Waals surface area contributed by atoms with Crippen molar-refractivity contribution >= 4 is 6.21 Å². The van der Waals surface area contributed by atoms with Gasteiger partial charge in [0.2, 0.25) is 0 Å². The molecular weight excluding hydrogens is 200 g/mol. The molecule has 2 rings (SSSR count). The van der Waals surface area contributed by atoms with Crippen LogP contribution in [0.25, 0.3) is 5.43 Å². The predicted octanol–water partition coefficient (Wildman–Crippen LogP) is 2.46. The molecule has 0 aromatic heterocycles. The second-order valence-corrected chi connectivity index (χ2v) is 4.96. The molecular formula is C13H18N2O. The Morgan fingerprint density at radius 2 is 2.00 bits per heavy atom. The summed E-state index contributed by atoms with van der Waals surface area (Å²) in [6.45, 7) is 6.36. The van der Waals surface area contributed by atoms with Crippen molar-refractivity contribution < 1.29 is 9.42 Å². The second-order valence-electron chi connectivity index (χ2n) is 4.96. The zero-order valence-corrected chi connectivity index (χ0v) is 10.1. The van der Waals surface area contributed by atoms with Crippen molar-refractivity contribution in [3.63, 3.8) is 0 Å². The number of hydrogen-bond acceptors (Lipinski definition) is 1. The van der Waals surface area contributed by atoms with E-state index in [1.807, 2.05) is 28.9 Å². The lowest BCUT2D eigenvalue weighted by atomic mass is 9.96. The van der Waals surface area contributed by atoms with E-state index in [2.05, 4.69) is 25.5 Å². The van der Waals surface area contributed by atoms with Crippen molar-refractivity contribution in [3.8, 4) is 5.75 Å². The normalized spacial score (nSPS) is 20.8. The molecule has 1 fully saturated rings. The van der Waals surface area contributed by atoms with Crippen LogP contribution in [0.4, 0.5) is 0 Å². The van der Waals surface area contributed by atoms with Crippen LogP contribution in [-0.2, 0) is 0 Å². The second kappa shape index (κ2) is 4.16. The number of ether oxygens (including phenoxy) is 1. The lowest BCUT2D eigenvalue weighted by molar-refractivity contribution is -0.463. The van der Waals surface area contributed by atoms with Gasteiger partial charge in [0.1, 0.15) is 12.3 Å². The van der Waals surface area contributed by atoms with Crippen LogP contribution in [0.3, 0.4) is 0 Å². The molecule has 0 bridgehead atoms. The largest absolute Gasteiger partial charge is 0.497 e. The Balaban J connectivity index is 2.11. The molecule has 1 saturated heterocycles. The maximum Gasteiger partial charge on any atom is 0.166 e. The summed E-state index contributed by atoms with van der Waals surface area (Å²) in [4.78, 5) is 0. The zero-order chi connectivity index (χ0) is 11.6. The van der Waals surface area contributed by atoms with Gasteiger partial charge in [-0.1, -0.05) is 20.4 Å². The van der Waals surface area contributed by atoms with Crippen molar-refractivity contribution in [2.75, 3.05) is 20.2 Å². The van der Waals surface area contributed by atoms with E-state index in [4.69, 9.17) is 4.74 Å². The molecule has 0 amide bonds.